The topological polar surface area (TPSA) is 40.2 Å². The Labute approximate surface area is 269 Å². The van der Waals surface area contributed by atoms with E-state index in [4.69, 9.17) is 11.0 Å². The van der Waals surface area contributed by atoms with Crippen molar-refractivity contribution in [2.75, 3.05) is 0 Å². The lowest BCUT2D eigenvalue weighted by atomic mass is 10.0. The summed E-state index contributed by atoms with van der Waals surface area (Å²) in [5.74, 6) is 0. The lowest BCUT2D eigenvalue weighted by Crippen LogP contribution is -1.96. The van der Waals surface area contributed by atoms with Crippen LogP contribution in [-0.2, 0) is 0 Å². The minimum atomic E-state index is 0.597. The van der Waals surface area contributed by atoms with Gasteiger partial charge in [0, 0.05) is 49.9 Å². The smallest absolute Gasteiger partial charge is 0.189 e. The van der Waals surface area contributed by atoms with Gasteiger partial charge >= 0.3 is 0 Å². The van der Waals surface area contributed by atoms with Crippen molar-refractivity contribution in [2.45, 2.75) is 0 Å². The molecule has 10 rings (SSSR count). The highest BCUT2D eigenvalue weighted by molar-refractivity contribution is 6.17. The van der Waals surface area contributed by atoms with Gasteiger partial charge in [0.15, 0.2) is 5.69 Å². The summed E-state index contributed by atoms with van der Waals surface area (Å²) in [5, 5.41) is 6.80. The van der Waals surface area contributed by atoms with Crippen molar-refractivity contribution in [3.8, 4) is 22.5 Å². The van der Waals surface area contributed by atoms with Crippen molar-refractivity contribution >= 4 is 71.2 Å². The Hall–Kier alpha value is -6.64. The van der Waals surface area contributed by atoms with Crippen LogP contribution in [0.2, 0.25) is 0 Å². The van der Waals surface area contributed by atoms with Gasteiger partial charge in [0.25, 0.3) is 0 Å². The maximum atomic E-state index is 7.99. The molecule has 0 N–H and O–H groups in total. The number of benzene rings is 6. The lowest BCUT2D eigenvalue weighted by Gasteiger charge is -2.13. The monoisotopic (exact) mass is 600 g/mol. The van der Waals surface area contributed by atoms with Crippen LogP contribution in [0.15, 0.2) is 150 Å². The van der Waals surface area contributed by atoms with E-state index in [-0.39, 0.29) is 0 Å². The third kappa shape index (κ3) is 3.73. The predicted octanol–water partition coefficient (Wildman–Crippen LogP) is 11.4. The SMILES string of the molecule is [C-]#[N+]c1cc(-c2cccc(-n3c4cnccc4c4cc5oc6ccccc6c5cc43)c2)cc(-n2c3ccccc3c3ccccc32)c1. The molecule has 4 aromatic heterocycles. The number of nitrogens with zero attached hydrogens (tertiary/aromatic N) is 4. The summed E-state index contributed by atoms with van der Waals surface area (Å²) in [6, 6.07) is 46.3. The highest BCUT2D eigenvalue weighted by Crippen LogP contribution is 2.40. The lowest BCUT2D eigenvalue weighted by molar-refractivity contribution is 0.669. The van der Waals surface area contributed by atoms with Crippen LogP contribution in [-0.4, -0.2) is 14.1 Å². The van der Waals surface area contributed by atoms with E-state index in [1.165, 1.54) is 10.8 Å². The van der Waals surface area contributed by atoms with Gasteiger partial charge in [-0.05, 0) is 77.9 Å². The minimum absolute atomic E-state index is 0.597. The molecular formula is C42H24N4O. The van der Waals surface area contributed by atoms with Crippen molar-refractivity contribution < 1.29 is 4.42 Å². The molecule has 0 aliphatic heterocycles. The van der Waals surface area contributed by atoms with E-state index in [0.29, 0.717) is 5.69 Å². The molecule has 5 heteroatoms. The van der Waals surface area contributed by atoms with Gasteiger partial charge in [0.05, 0.1) is 34.8 Å². The average molecular weight is 601 g/mol. The molecule has 0 saturated heterocycles. The molecule has 0 bridgehead atoms. The van der Waals surface area contributed by atoms with Crippen molar-refractivity contribution in [2.24, 2.45) is 0 Å². The Morgan fingerprint density at radius 3 is 2.00 bits per heavy atom. The molecule has 0 atom stereocenters. The summed E-state index contributed by atoms with van der Waals surface area (Å²) in [6.07, 6.45) is 3.78. The van der Waals surface area contributed by atoms with Crippen LogP contribution in [0.4, 0.5) is 5.69 Å². The van der Waals surface area contributed by atoms with E-state index in [9.17, 15) is 0 Å². The molecule has 0 radical (unpaired) electrons. The van der Waals surface area contributed by atoms with Crippen molar-refractivity contribution in [3.05, 3.63) is 157 Å². The van der Waals surface area contributed by atoms with Crippen molar-refractivity contribution in [3.63, 3.8) is 0 Å². The summed E-state index contributed by atoms with van der Waals surface area (Å²) in [4.78, 5) is 8.42. The average Bonchev–Trinajstić information content (AvgIpc) is 3.78. The fourth-order valence-corrected chi connectivity index (χ4v) is 7.34. The highest BCUT2D eigenvalue weighted by atomic mass is 16.3. The fourth-order valence-electron chi connectivity index (χ4n) is 7.34. The van der Waals surface area contributed by atoms with Gasteiger partial charge in [-0.2, -0.15) is 0 Å². The molecule has 0 aliphatic rings. The van der Waals surface area contributed by atoms with Crippen LogP contribution in [0.5, 0.6) is 0 Å². The summed E-state index contributed by atoms with van der Waals surface area (Å²) < 4.78 is 10.8. The van der Waals surface area contributed by atoms with Crippen LogP contribution < -0.4 is 0 Å². The number of hydrogen-bond donors (Lipinski definition) is 0. The number of fused-ring (bicyclic) bond motifs is 9. The molecule has 10 aromatic rings. The van der Waals surface area contributed by atoms with Crippen LogP contribution in [0, 0.1) is 6.57 Å². The predicted molar refractivity (Wildman–Crippen MR) is 192 cm³/mol. The van der Waals surface area contributed by atoms with Gasteiger partial charge < -0.3 is 13.6 Å². The first-order chi connectivity index (χ1) is 23.2. The highest BCUT2D eigenvalue weighted by Gasteiger charge is 2.18. The molecule has 6 aromatic carbocycles. The van der Waals surface area contributed by atoms with Crippen LogP contribution in [0.25, 0.3) is 92.9 Å². The summed E-state index contributed by atoms with van der Waals surface area (Å²) in [7, 11) is 0. The molecule has 4 heterocycles. The Bertz CT molecular complexity index is 2880. The number of hydrogen-bond acceptors (Lipinski definition) is 2. The quantitative estimate of drug-likeness (QED) is 0.189. The molecule has 0 fully saturated rings. The van der Waals surface area contributed by atoms with E-state index in [1.807, 2.05) is 36.7 Å². The fraction of sp³-hybridized carbons (Fsp3) is 0. The number of furan rings is 1. The minimum Gasteiger partial charge on any atom is -0.456 e. The number of pyridine rings is 1. The molecular weight excluding hydrogens is 576 g/mol. The third-order valence-electron chi connectivity index (χ3n) is 9.37. The molecule has 218 valence electrons. The molecule has 0 spiro atoms. The van der Waals surface area contributed by atoms with E-state index in [0.717, 1.165) is 77.3 Å². The molecule has 47 heavy (non-hydrogen) atoms. The van der Waals surface area contributed by atoms with Gasteiger partial charge in [-0.3, -0.25) is 4.98 Å². The number of rotatable bonds is 3. The Kier molecular flexibility index (Phi) is 5.28. The zero-order valence-electron chi connectivity index (χ0n) is 25.1. The normalized spacial score (nSPS) is 11.8. The molecule has 5 nitrogen and oxygen atoms in total. The maximum Gasteiger partial charge on any atom is 0.189 e. The second-order valence-electron chi connectivity index (χ2n) is 12.0. The van der Waals surface area contributed by atoms with Gasteiger partial charge in [-0.25, -0.2) is 4.85 Å². The summed E-state index contributed by atoms with van der Waals surface area (Å²) in [5.41, 5.74) is 10.7. The van der Waals surface area contributed by atoms with Gasteiger partial charge in [-0.1, -0.05) is 66.7 Å². The summed E-state index contributed by atoms with van der Waals surface area (Å²) >= 11 is 0. The number of para-hydroxylation sites is 3. The Morgan fingerprint density at radius 1 is 0.489 bits per heavy atom. The van der Waals surface area contributed by atoms with E-state index in [2.05, 4.69) is 128 Å². The zero-order valence-corrected chi connectivity index (χ0v) is 25.1. The first-order valence-electron chi connectivity index (χ1n) is 15.6. The van der Waals surface area contributed by atoms with E-state index in [1.54, 1.807) is 0 Å². The second kappa shape index (κ2) is 9.68. The van der Waals surface area contributed by atoms with Crippen LogP contribution in [0.1, 0.15) is 0 Å². The Balaban J connectivity index is 1.20. The number of aromatic nitrogens is 3. The third-order valence-corrected chi connectivity index (χ3v) is 9.37. The Morgan fingerprint density at radius 2 is 1.19 bits per heavy atom. The van der Waals surface area contributed by atoms with E-state index >= 15 is 0 Å². The molecule has 0 unspecified atom stereocenters. The van der Waals surface area contributed by atoms with E-state index < -0.39 is 0 Å². The van der Waals surface area contributed by atoms with Crippen LogP contribution in [0.3, 0.4) is 0 Å². The van der Waals surface area contributed by atoms with Gasteiger partial charge in [-0.15, -0.1) is 0 Å². The van der Waals surface area contributed by atoms with Crippen molar-refractivity contribution in [1.82, 2.24) is 14.1 Å². The molecule has 0 saturated carbocycles. The maximum absolute atomic E-state index is 7.99. The van der Waals surface area contributed by atoms with Gasteiger partial charge in [0.1, 0.15) is 11.2 Å². The largest absolute Gasteiger partial charge is 0.456 e. The molecule has 0 aliphatic carbocycles. The van der Waals surface area contributed by atoms with Crippen LogP contribution >= 0.6 is 0 Å². The van der Waals surface area contributed by atoms with Crippen molar-refractivity contribution in [1.29, 1.82) is 0 Å². The standard InChI is InChI=1S/C42H24N4O/c1-43-28-19-27(21-30(22-28)46-37-14-5-2-11-31(37)32-12-3-6-15-38(32)46)26-9-8-10-29(20-26)45-39-23-36-34-13-4-7-16-41(34)47-42(36)24-35(39)33-17-18-44-25-40(33)45/h2-25H. The molecule has 0 amide bonds. The zero-order chi connectivity index (χ0) is 31.1. The second-order valence-corrected chi connectivity index (χ2v) is 12.0. The first kappa shape index (κ1) is 25.7. The van der Waals surface area contributed by atoms with Gasteiger partial charge in [0.2, 0.25) is 0 Å². The summed E-state index contributed by atoms with van der Waals surface area (Å²) in [6.45, 7) is 7.99. The first-order valence-corrected chi connectivity index (χ1v) is 15.6.